The minimum atomic E-state index is -0.289. The van der Waals surface area contributed by atoms with E-state index < -0.39 is 0 Å². The van der Waals surface area contributed by atoms with Crippen LogP contribution in [0.3, 0.4) is 0 Å². The first-order chi connectivity index (χ1) is 10.1. The molecule has 0 unspecified atom stereocenters. The van der Waals surface area contributed by atoms with Crippen LogP contribution in [-0.2, 0) is 4.79 Å². The van der Waals surface area contributed by atoms with Gasteiger partial charge in [0.15, 0.2) is 11.5 Å². The predicted octanol–water partition coefficient (Wildman–Crippen LogP) is 0.368. The highest BCUT2D eigenvalue weighted by Crippen LogP contribution is 2.22. The molecular formula is C12H16ClN7O. The van der Waals surface area contributed by atoms with Gasteiger partial charge in [-0.05, 0) is 24.4 Å². The van der Waals surface area contributed by atoms with Crippen LogP contribution in [0.2, 0.25) is 5.28 Å². The summed E-state index contributed by atoms with van der Waals surface area (Å²) in [4.78, 5) is 28.3. The number of rotatable bonds is 4. The van der Waals surface area contributed by atoms with Crippen molar-refractivity contribution in [1.29, 1.82) is 0 Å². The maximum Gasteiger partial charge on any atom is 0.231 e. The SMILES string of the molecule is NC(=O)CN1CCC(Nc2nc(Cl)nc3nc[nH]c23)CC1. The number of nitrogens with two attached hydrogens (primary N) is 1. The Morgan fingerprint density at radius 2 is 2.24 bits per heavy atom. The van der Waals surface area contributed by atoms with Gasteiger partial charge in [-0.15, -0.1) is 0 Å². The van der Waals surface area contributed by atoms with Gasteiger partial charge in [0.25, 0.3) is 0 Å². The molecule has 2 aromatic heterocycles. The van der Waals surface area contributed by atoms with E-state index in [4.69, 9.17) is 17.3 Å². The van der Waals surface area contributed by atoms with E-state index in [0.29, 0.717) is 18.0 Å². The van der Waals surface area contributed by atoms with Gasteiger partial charge in [-0.25, -0.2) is 4.98 Å². The average Bonchev–Trinajstić information content (AvgIpc) is 2.88. The number of imidazole rings is 1. The molecule has 1 aliphatic rings. The number of anilines is 1. The molecule has 4 N–H and O–H groups in total. The quantitative estimate of drug-likeness (QED) is 0.703. The molecule has 21 heavy (non-hydrogen) atoms. The molecule has 112 valence electrons. The second-order valence-electron chi connectivity index (χ2n) is 5.10. The number of primary amides is 1. The maximum atomic E-state index is 10.9. The fourth-order valence-electron chi connectivity index (χ4n) is 2.56. The minimum Gasteiger partial charge on any atom is -0.369 e. The number of hydrogen-bond donors (Lipinski definition) is 3. The second-order valence-corrected chi connectivity index (χ2v) is 5.44. The smallest absolute Gasteiger partial charge is 0.231 e. The summed E-state index contributed by atoms with van der Waals surface area (Å²) in [6.45, 7) is 1.97. The van der Waals surface area contributed by atoms with E-state index in [0.717, 1.165) is 31.4 Å². The average molecular weight is 310 g/mol. The van der Waals surface area contributed by atoms with Gasteiger partial charge in [0.2, 0.25) is 11.2 Å². The second kappa shape index (κ2) is 5.82. The Morgan fingerprint density at radius 3 is 2.95 bits per heavy atom. The monoisotopic (exact) mass is 309 g/mol. The molecule has 2 aromatic rings. The molecule has 0 aliphatic carbocycles. The van der Waals surface area contributed by atoms with E-state index >= 15 is 0 Å². The van der Waals surface area contributed by atoms with Gasteiger partial charge in [0.1, 0.15) is 5.52 Å². The zero-order valence-corrected chi connectivity index (χ0v) is 12.1. The molecular weight excluding hydrogens is 294 g/mol. The fourth-order valence-corrected chi connectivity index (χ4v) is 2.72. The summed E-state index contributed by atoms with van der Waals surface area (Å²) in [5, 5.41) is 3.54. The summed E-state index contributed by atoms with van der Waals surface area (Å²) >= 11 is 5.90. The highest BCUT2D eigenvalue weighted by molar-refractivity contribution is 6.28. The summed E-state index contributed by atoms with van der Waals surface area (Å²) in [5.74, 6) is 0.374. The Hall–Kier alpha value is -1.93. The van der Waals surface area contributed by atoms with Gasteiger partial charge in [-0.3, -0.25) is 9.69 Å². The summed E-state index contributed by atoms with van der Waals surface area (Å²) in [5.41, 5.74) is 6.50. The van der Waals surface area contributed by atoms with Crippen LogP contribution in [0.15, 0.2) is 6.33 Å². The first-order valence-corrected chi connectivity index (χ1v) is 7.13. The maximum absolute atomic E-state index is 10.9. The number of aromatic amines is 1. The van der Waals surface area contributed by atoms with Crippen molar-refractivity contribution in [3.8, 4) is 0 Å². The van der Waals surface area contributed by atoms with Gasteiger partial charge >= 0.3 is 0 Å². The summed E-state index contributed by atoms with van der Waals surface area (Å²) < 4.78 is 0. The van der Waals surface area contributed by atoms with Crippen LogP contribution in [0.4, 0.5) is 5.82 Å². The molecule has 1 fully saturated rings. The first kappa shape index (κ1) is 14.0. The lowest BCUT2D eigenvalue weighted by molar-refractivity contribution is -0.119. The summed E-state index contributed by atoms with van der Waals surface area (Å²) in [7, 11) is 0. The Kier molecular flexibility index (Phi) is 3.89. The molecule has 0 spiro atoms. The van der Waals surface area contributed by atoms with Crippen LogP contribution < -0.4 is 11.1 Å². The number of H-pyrrole nitrogens is 1. The van der Waals surface area contributed by atoms with Gasteiger partial charge in [0.05, 0.1) is 12.9 Å². The summed E-state index contributed by atoms with van der Waals surface area (Å²) in [6.07, 6.45) is 3.38. The zero-order valence-electron chi connectivity index (χ0n) is 11.3. The molecule has 0 aromatic carbocycles. The first-order valence-electron chi connectivity index (χ1n) is 6.75. The highest BCUT2D eigenvalue weighted by atomic mass is 35.5. The molecule has 0 atom stereocenters. The van der Waals surface area contributed by atoms with E-state index in [-0.39, 0.29) is 17.2 Å². The van der Waals surface area contributed by atoms with Crippen LogP contribution in [0, 0.1) is 0 Å². The van der Waals surface area contributed by atoms with Crippen molar-refractivity contribution in [3.05, 3.63) is 11.6 Å². The molecule has 8 nitrogen and oxygen atoms in total. The van der Waals surface area contributed by atoms with Crippen molar-refractivity contribution in [2.45, 2.75) is 18.9 Å². The topological polar surface area (TPSA) is 113 Å². The van der Waals surface area contributed by atoms with Crippen molar-refractivity contribution in [2.24, 2.45) is 5.73 Å². The number of nitrogens with one attached hydrogen (secondary N) is 2. The van der Waals surface area contributed by atoms with Crippen LogP contribution in [-0.4, -0.2) is 56.4 Å². The van der Waals surface area contributed by atoms with Crippen molar-refractivity contribution < 1.29 is 4.79 Å². The molecule has 0 saturated carbocycles. The van der Waals surface area contributed by atoms with Crippen molar-refractivity contribution in [2.75, 3.05) is 25.0 Å². The van der Waals surface area contributed by atoms with Crippen LogP contribution in [0.1, 0.15) is 12.8 Å². The van der Waals surface area contributed by atoms with Gasteiger partial charge in [-0.2, -0.15) is 9.97 Å². The standard InChI is InChI=1S/C12H16ClN7O/c13-12-18-10-9(15-6-16-10)11(19-12)17-7-1-3-20(4-2-7)5-8(14)21/h6-7H,1-5H2,(H2,14,21)(H2,15,16,17,18,19). The van der Waals surface area contributed by atoms with Gasteiger partial charge in [0, 0.05) is 19.1 Å². The van der Waals surface area contributed by atoms with E-state index in [1.165, 1.54) is 0 Å². The highest BCUT2D eigenvalue weighted by Gasteiger charge is 2.21. The lowest BCUT2D eigenvalue weighted by atomic mass is 10.1. The molecule has 1 saturated heterocycles. The van der Waals surface area contributed by atoms with Crippen molar-refractivity contribution >= 4 is 34.5 Å². The van der Waals surface area contributed by atoms with E-state index in [1.54, 1.807) is 6.33 Å². The van der Waals surface area contributed by atoms with Gasteiger partial charge < -0.3 is 16.0 Å². The largest absolute Gasteiger partial charge is 0.369 e. The molecule has 1 amide bonds. The normalized spacial score (nSPS) is 17.2. The number of fused-ring (bicyclic) bond motifs is 1. The van der Waals surface area contributed by atoms with E-state index in [1.807, 2.05) is 0 Å². The number of piperidine rings is 1. The number of aromatic nitrogens is 4. The van der Waals surface area contributed by atoms with Crippen LogP contribution in [0.25, 0.3) is 11.2 Å². The third-order valence-electron chi connectivity index (χ3n) is 3.57. The molecule has 0 radical (unpaired) electrons. The van der Waals surface area contributed by atoms with Gasteiger partial charge in [-0.1, -0.05) is 0 Å². The molecule has 3 heterocycles. The molecule has 0 bridgehead atoms. The Bertz CT molecular complexity index is 650. The summed E-state index contributed by atoms with van der Waals surface area (Å²) in [6, 6.07) is 0.270. The Balaban J connectivity index is 1.67. The van der Waals surface area contributed by atoms with Crippen molar-refractivity contribution in [3.63, 3.8) is 0 Å². The third kappa shape index (κ3) is 3.22. The van der Waals surface area contributed by atoms with E-state index in [2.05, 4.69) is 30.2 Å². The third-order valence-corrected chi connectivity index (χ3v) is 3.74. The number of carbonyl (C=O) groups is 1. The van der Waals surface area contributed by atoms with E-state index in [9.17, 15) is 4.79 Å². The lowest BCUT2D eigenvalue weighted by Crippen LogP contribution is -2.43. The fraction of sp³-hybridized carbons (Fsp3) is 0.500. The minimum absolute atomic E-state index is 0.170. The van der Waals surface area contributed by atoms with Crippen LogP contribution >= 0.6 is 11.6 Å². The van der Waals surface area contributed by atoms with Crippen LogP contribution in [0.5, 0.6) is 0 Å². The molecule has 1 aliphatic heterocycles. The zero-order chi connectivity index (χ0) is 14.8. The number of hydrogen-bond acceptors (Lipinski definition) is 6. The molecule has 3 rings (SSSR count). The number of carbonyl (C=O) groups excluding carboxylic acids is 1. The van der Waals surface area contributed by atoms with Crippen molar-refractivity contribution in [1.82, 2.24) is 24.8 Å². The molecule has 9 heteroatoms. The Labute approximate surface area is 126 Å². The lowest BCUT2D eigenvalue weighted by Gasteiger charge is -2.31. The number of amides is 1. The number of likely N-dealkylation sites (tertiary alicyclic amines) is 1. The predicted molar refractivity (Wildman–Crippen MR) is 79.0 cm³/mol. The number of nitrogens with zero attached hydrogens (tertiary/aromatic N) is 4. The Morgan fingerprint density at radius 1 is 1.48 bits per heavy atom. The number of halogens is 1.